The van der Waals surface area contributed by atoms with Gasteiger partial charge in [-0.1, -0.05) is 0 Å². The second-order valence-corrected chi connectivity index (χ2v) is 5.47. The second-order valence-electron chi connectivity index (χ2n) is 3.70. The van der Waals surface area contributed by atoms with Crippen LogP contribution in [0.4, 0.5) is 0 Å². The van der Waals surface area contributed by atoms with E-state index in [1.807, 2.05) is 6.07 Å². The van der Waals surface area contributed by atoms with Gasteiger partial charge in [-0.3, -0.25) is 9.88 Å². The monoisotopic (exact) mass is 359 g/mol. The van der Waals surface area contributed by atoms with E-state index in [1.165, 1.54) is 0 Å². The third-order valence-corrected chi connectivity index (χ3v) is 3.70. The Morgan fingerprint density at radius 1 is 1.41 bits per heavy atom. The molecule has 1 aromatic rings. The molecule has 2 rings (SSSR count). The molecule has 0 amide bonds. The molecule has 4 nitrogen and oxygen atoms in total. The van der Waals surface area contributed by atoms with Crippen LogP contribution in [-0.2, 0) is 4.74 Å². The van der Waals surface area contributed by atoms with Gasteiger partial charge < -0.3 is 4.74 Å². The van der Waals surface area contributed by atoms with Gasteiger partial charge in [0, 0.05) is 28.2 Å². The van der Waals surface area contributed by atoms with Gasteiger partial charge in [-0.05, 0) is 37.9 Å². The lowest BCUT2D eigenvalue weighted by molar-refractivity contribution is 0.0258. The van der Waals surface area contributed by atoms with Crippen LogP contribution in [0.5, 0.6) is 0 Å². The van der Waals surface area contributed by atoms with E-state index in [2.05, 4.69) is 47.8 Å². The number of nitrogens with zero attached hydrogens (tertiary/aromatic N) is 3. The Labute approximate surface area is 117 Å². The number of morpholine rings is 1. The standard InChI is InChI=1S/C11H11Br2N3O/c12-8-5-9(13)11(15-7-8)10(6-14)16-1-3-17-4-2-16/h5,7,10H,1-4H2. The smallest absolute Gasteiger partial charge is 0.142 e. The summed E-state index contributed by atoms with van der Waals surface area (Å²) in [5.74, 6) is 0. The van der Waals surface area contributed by atoms with Crippen LogP contribution in [0.1, 0.15) is 11.7 Å². The number of nitriles is 1. The molecule has 0 spiro atoms. The first-order valence-electron chi connectivity index (χ1n) is 5.24. The molecular formula is C11H11Br2N3O. The normalized spacial score (nSPS) is 18.6. The van der Waals surface area contributed by atoms with Crippen molar-refractivity contribution in [1.29, 1.82) is 5.26 Å². The maximum absolute atomic E-state index is 9.32. The van der Waals surface area contributed by atoms with E-state index >= 15 is 0 Å². The molecule has 0 aromatic carbocycles. The van der Waals surface area contributed by atoms with Gasteiger partial charge in [0.1, 0.15) is 6.04 Å². The summed E-state index contributed by atoms with van der Waals surface area (Å²) in [5, 5.41) is 9.32. The predicted octanol–water partition coefficient (Wildman–Crippen LogP) is 2.50. The fourth-order valence-electron chi connectivity index (χ4n) is 1.78. The van der Waals surface area contributed by atoms with Gasteiger partial charge >= 0.3 is 0 Å². The van der Waals surface area contributed by atoms with Gasteiger partial charge in [0.2, 0.25) is 0 Å². The highest BCUT2D eigenvalue weighted by molar-refractivity contribution is 9.11. The number of hydrogen-bond donors (Lipinski definition) is 0. The predicted molar refractivity (Wildman–Crippen MR) is 70.4 cm³/mol. The molecular weight excluding hydrogens is 350 g/mol. The summed E-state index contributed by atoms with van der Waals surface area (Å²) in [6.07, 6.45) is 1.71. The van der Waals surface area contributed by atoms with Crippen molar-refractivity contribution >= 4 is 31.9 Å². The number of hydrogen-bond acceptors (Lipinski definition) is 4. The van der Waals surface area contributed by atoms with Crippen molar-refractivity contribution < 1.29 is 4.74 Å². The lowest BCUT2D eigenvalue weighted by Crippen LogP contribution is -2.39. The van der Waals surface area contributed by atoms with Gasteiger partial charge in [-0.25, -0.2) is 0 Å². The van der Waals surface area contributed by atoms with E-state index in [-0.39, 0.29) is 6.04 Å². The lowest BCUT2D eigenvalue weighted by atomic mass is 10.1. The fourth-order valence-corrected chi connectivity index (χ4v) is 2.98. The lowest BCUT2D eigenvalue weighted by Gasteiger charge is -2.30. The van der Waals surface area contributed by atoms with Gasteiger partial charge in [-0.2, -0.15) is 5.26 Å². The molecule has 2 heterocycles. The summed E-state index contributed by atoms with van der Waals surface area (Å²) in [5.41, 5.74) is 0.762. The maximum Gasteiger partial charge on any atom is 0.142 e. The zero-order valence-electron chi connectivity index (χ0n) is 9.07. The van der Waals surface area contributed by atoms with Gasteiger partial charge in [0.25, 0.3) is 0 Å². The molecule has 0 N–H and O–H groups in total. The van der Waals surface area contributed by atoms with Crippen molar-refractivity contribution in [1.82, 2.24) is 9.88 Å². The van der Waals surface area contributed by atoms with E-state index in [0.29, 0.717) is 13.2 Å². The molecule has 1 unspecified atom stereocenters. The van der Waals surface area contributed by atoms with Gasteiger partial charge in [0.05, 0.1) is 25.0 Å². The molecule has 0 bridgehead atoms. The summed E-state index contributed by atoms with van der Waals surface area (Å²) < 4.78 is 7.04. The van der Waals surface area contributed by atoms with Crippen molar-refractivity contribution in [3.05, 3.63) is 26.9 Å². The minimum Gasteiger partial charge on any atom is -0.379 e. The highest BCUT2D eigenvalue weighted by atomic mass is 79.9. The number of ether oxygens (including phenoxy) is 1. The van der Waals surface area contributed by atoms with Crippen molar-refractivity contribution in [3.8, 4) is 6.07 Å². The number of aromatic nitrogens is 1. The second kappa shape index (κ2) is 5.91. The van der Waals surface area contributed by atoms with E-state index in [0.717, 1.165) is 27.7 Å². The van der Waals surface area contributed by atoms with Crippen molar-refractivity contribution in [2.24, 2.45) is 0 Å². The SMILES string of the molecule is N#CC(c1ncc(Br)cc1Br)N1CCOCC1. The fraction of sp³-hybridized carbons (Fsp3) is 0.455. The molecule has 1 aliphatic heterocycles. The van der Waals surface area contributed by atoms with Gasteiger partial charge in [-0.15, -0.1) is 0 Å². The zero-order chi connectivity index (χ0) is 12.3. The Kier molecular flexibility index (Phi) is 4.51. The van der Waals surface area contributed by atoms with E-state index in [9.17, 15) is 5.26 Å². The Morgan fingerprint density at radius 3 is 2.71 bits per heavy atom. The summed E-state index contributed by atoms with van der Waals surface area (Å²) in [7, 11) is 0. The van der Waals surface area contributed by atoms with Crippen LogP contribution in [0.2, 0.25) is 0 Å². The molecule has 1 fully saturated rings. The zero-order valence-corrected chi connectivity index (χ0v) is 12.2. The van der Waals surface area contributed by atoms with Crippen LogP contribution in [-0.4, -0.2) is 36.2 Å². The summed E-state index contributed by atoms with van der Waals surface area (Å²) >= 11 is 6.81. The van der Waals surface area contributed by atoms with Crippen LogP contribution in [0, 0.1) is 11.3 Å². The Hall–Kier alpha value is -0.480. The highest BCUT2D eigenvalue weighted by Crippen LogP contribution is 2.28. The Morgan fingerprint density at radius 2 is 2.12 bits per heavy atom. The van der Waals surface area contributed by atoms with Crippen molar-refractivity contribution in [3.63, 3.8) is 0 Å². The summed E-state index contributed by atoms with van der Waals surface area (Å²) in [4.78, 5) is 6.41. The van der Waals surface area contributed by atoms with Crippen molar-refractivity contribution in [2.45, 2.75) is 6.04 Å². The highest BCUT2D eigenvalue weighted by Gasteiger charge is 2.25. The molecule has 17 heavy (non-hydrogen) atoms. The first-order chi connectivity index (χ1) is 8.22. The molecule has 1 atom stereocenters. The van der Waals surface area contributed by atoms with E-state index < -0.39 is 0 Å². The first-order valence-corrected chi connectivity index (χ1v) is 6.83. The van der Waals surface area contributed by atoms with Gasteiger partial charge in [0.15, 0.2) is 0 Å². The number of pyridine rings is 1. The summed E-state index contributed by atoms with van der Waals surface area (Å²) in [6.45, 7) is 2.88. The molecule has 1 aliphatic rings. The molecule has 1 aromatic heterocycles. The first kappa shape index (κ1) is 13.0. The van der Waals surface area contributed by atoms with E-state index in [4.69, 9.17) is 4.74 Å². The molecule has 0 saturated carbocycles. The quantitative estimate of drug-likeness (QED) is 0.813. The third kappa shape index (κ3) is 3.05. The minimum atomic E-state index is -0.318. The average Bonchev–Trinajstić information content (AvgIpc) is 2.34. The van der Waals surface area contributed by atoms with Crippen LogP contribution in [0.3, 0.4) is 0 Å². The van der Waals surface area contributed by atoms with E-state index in [1.54, 1.807) is 6.20 Å². The van der Waals surface area contributed by atoms with Crippen molar-refractivity contribution in [2.75, 3.05) is 26.3 Å². The topological polar surface area (TPSA) is 49.2 Å². The molecule has 6 heteroatoms. The van der Waals surface area contributed by atoms with Crippen LogP contribution in [0.25, 0.3) is 0 Å². The Bertz CT molecular complexity index is 441. The average molecular weight is 361 g/mol. The van der Waals surface area contributed by atoms with Crippen LogP contribution in [0.15, 0.2) is 21.2 Å². The minimum absolute atomic E-state index is 0.318. The molecule has 90 valence electrons. The summed E-state index contributed by atoms with van der Waals surface area (Å²) in [6, 6.07) is 3.90. The maximum atomic E-state index is 9.32. The molecule has 1 saturated heterocycles. The molecule has 0 aliphatic carbocycles. The third-order valence-electron chi connectivity index (χ3n) is 2.63. The number of halogens is 2. The molecule has 0 radical (unpaired) electrons. The van der Waals surface area contributed by atoms with Crippen LogP contribution < -0.4 is 0 Å². The van der Waals surface area contributed by atoms with Crippen LogP contribution >= 0.6 is 31.9 Å². The number of rotatable bonds is 2. The Balaban J connectivity index is 2.25. The largest absolute Gasteiger partial charge is 0.379 e.